The van der Waals surface area contributed by atoms with Gasteiger partial charge in [-0.05, 0) is 25.0 Å². The van der Waals surface area contributed by atoms with E-state index in [1.807, 2.05) is 19.1 Å². The lowest BCUT2D eigenvalue weighted by molar-refractivity contribution is -0.116. The monoisotopic (exact) mass is 221 g/mol. The van der Waals surface area contributed by atoms with Gasteiger partial charge in [-0.25, -0.2) is 4.98 Å². The van der Waals surface area contributed by atoms with Crippen molar-refractivity contribution in [3.8, 4) is 0 Å². The lowest BCUT2D eigenvalue weighted by atomic mass is 10.3. The molecule has 0 aliphatic rings. The minimum atomic E-state index is 0.0403. The SMILES string of the molecule is CCCNc1ccc(NC(=O)CCC)cn1. The molecule has 4 heteroatoms. The van der Waals surface area contributed by atoms with E-state index in [1.54, 1.807) is 6.20 Å². The molecule has 16 heavy (non-hydrogen) atoms. The Kier molecular flexibility index (Phi) is 5.32. The number of hydrogen-bond donors (Lipinski definition) is 2. The third-order valence-corrected chi connectivity index (χ3v) is 2.08. The van der Waals surface area contributed by atoms with Crippen molar-refractivity contribution in [1.82, 2.24) is 4.98 Å². The number of pyridine rings is 1. The molecule has 0 unspecified atom stereocenters. The van der Waals surface area contributed by atoms with Crippen LogP contribution in [-0.4, -0.2) is 17.4 Å². The fourth-order valence-corrected chi connectivity index (χ4v) is 1.28. The standard InChI is InChI=1S/C12H19N3O/c1-3-5-12(16)15-10-6-7-11(14-9-10)13-8-4-2/h6-7,9H,3-5,8H2,1-2H3,(H,13,14)(H,15,16). The molecule has 0 fully saturated rings. The molecule has 1 aromatic heterocycles. The summed E-state index contributed by atoms with van der Waals surface area (Å²) in [6, 6.07) is 3.73. The Bertz CT molecular complexity index is 322. The summed E-state index contributed by atoms with van der Waals surface area (Å²) in [6.45, 7) is 5.00. The van der Waals surface area contributed by atoms with Gasteiger partial charge in [-0.1, -0.05) is 13.8 Å². The zero-order valence-electron chi connectivity index (χ0n) is 9.92. The van der Waals surface area contributed by atoms with E-state index in [4.69, 9.17) is 0 Å². The molecule has 88 valence electrons. The molecule has 0 bridgehead atoms. The number of anilines is 2. The van der Waals surface area contributed by atoms with Gasteiger partial charge in [0.1, 0.15) is 5.82 Å². The van der Waals surface area contributed by atoms with E-state index in [0.717, 1.165) is 30.9 Å². The quantitative estimate of drug-likeness (QED) is 0.776. The largest absolute Gasteiger partial charge is 0.370 e. The molecule has 0 aliphatic carbocycles. The maximum Gasteiger partial charge on any atom is 0.224 e. The number of nitrogens with zero attached hydrogens (tertiary/aromatic N) is 1. The van der Waals surface area contributed by atoms with Crippen molar-refractivity contribution < 1.29 is 4.79 Å². The Labute approximate surface area is 96.5 Å². The van der Waals surface area contributed by atoms with Crippen LogP contribution < -0.4 is 10.6 Å². The predicted molar refractivity (Wildman–Crippen MR) is 66.6 cm³/mol. The Hall–Kier alpha value is -1.58. The molecule has 0 saturated carbocycles. The number of nitrogens with one attached hydrogen (secondary N) is 2. The van der Waals surface area contributed by atoms with E-state index < -0.39 is 0 Å². The average molecular weight is 221 g/mol. The summed E-state index contributed by atoms with van der Waals surface area (Å²) in [5.41, 5.74) is 0.750. The summed E-state index contributed by atoms with van der Waals surface area (Å²) in [5.74, 6) is 0.883. The van der Waals surface area contributed by atoms with E-state index >= 15 is 0 Å². The maximum atomic E-state index is 11.3. The van der Waals surface area contributed by atoms with Crippen LogP contribution in [0.3, 0.4) is 0 Å². The van der Waals surface area contributed by atoms with Crippen LogP contribution in [0.15, 0.2) is 18.3 Å². The lowest BCUT2D eigenvalue weighted by Crippen LogP contribution is -2.11. The van der Waals surface area contributed by atoms with Crippen molar-refractivity contribution in [3.05, 3.63) is 18.3 Å². The number of carbonyl (C=O) groups excluding carboxylic acids is 1. The highest BCUT2D eigenvalue weighted by Gasteiger charge is 2.00. The van der Waals surface area contributed by atoms with Gasteiger partial charge in [-0.3, -0.25) is 4.79 Å². The highest BCUT2D eigenvalue weighted by atomic mass is 16.1. The summed E-state index contributed by atoms with van der Waals surface area (Å²) in [4.78, 5) is 15.5. The molecule has 0 spiro atoms. The van der Waals surface area contributed by atoms with Crippen LogP contribution in [0.25, 0.3) is 0 Å². The first-order valence-electron chi connectivity index (χ1n) is 5.76. The highest BCUT2D eigenvalue weighted by molar-refractivity contribution is 5.90. The fraction of sp³-hybridized carbons (Fsp3) is 0.500. The first kappa shape index (κ1) is 12.5. The number of amides is 1. The van der Waals surface area contributed by atoms with Crippen molar-refractivity contribution in [1.29, 1.82) is 0 Å². The van der Waals surface area contributed by atoms with Crippen LogP contribution in [0.1, 0.15) is 33.1 Å². The van der Waals surface area contributed by atoms with Crippen LogP contribution in [0, 0.1) is 0 Å². The molecule has 0 aromatic carbocycles. The summed E-state index contributed by atoms with van der Waals surface area (Å²) in [5, 5.41) is 5.97. The molecular weight excluding hydrogens is 202 g/mol. The number of hydrogen-bond acceptors (Lipinski definition) is 3. The second-order valence-electron chi connectivity index (χ2n) is 3.66. The van der Waals surface area contributed by atoms with Gasteiger partial charge < -0.3 is 10.6 Å². The average Bonchev–Trinajstić information content (AvgIpc) is 2.28. The molecule has 1 aromatic rings. The molecule has 1 rings (SSSR count). The molecule has 0 radical (unpaired) electrons. The van der Waals surface area contributed by atoms with Crippen molar-refractivity contribution in [2.75, 3.05) is 17.2 Å². The lowest BCUT2D eigenvalue weighted by Gasteiger charge is -2.06. The third kappa shape index (κ3) is 4.29. The van der Waals surface area contributed by atoms with Gasteiger partial charge in [0, 0.05) is 13.0 Å². The van der Waals surface area contributed by atoms with Crippen LogP contribution >= 0.6 is 0 Å². The molecule has 0 atom stereocenters. The Balaban J connectivity index is 2.47. The van der Waals surface area contributed by atoms with Gasteiger partial charge in [-0.2, -0.15) is 0 Å². The molecule has 1 heterocycles. The second-order valence-corrected chi connectivity index (χ2v) is 3.66. The van der Waals surface area contributed by atoms with Gasteiger partial charge in [0.2, 0.25) is 5.91 Å². The molecular formula is C12H19N3O. The maximum absolute atomic E-state index is 11.3. The minimum absolute atomic E-state index is 0.0403. The number of aromatic nitrogens is 1. The number of carbonyl (C=O) groups is 1. The van der Waals surface area contributed by atoms with E-state index in [1.165, 1.54) is 0 Å². The first-order chi connectivity index (χ1) is 7.76. The summed E-state index contributed by atoms with van der Waals surface area (Å²) in [6.07, 6.45) is 4.15. The normalized spacial score (nSPS) is 9.88. The van der Waals surface area contributed by atoms with Crippen molar-refractivity contribution in [3.63, 3.8) is 0 Å². The van der Waals surface area contributed by atoms with Crippen LogP contribution in [0.5, 0.6) is 0 Å². The van der Waals surface area contributed by atoms with E-state index in [2.05, 4.69) is 22.5 Å². The highest BCUT2D eigenvalue weighted by Crippen LogP contribution is 2.10. The Morgan fingerprint density at radius 3 is 2.69 bits per heavy atom. The van der Waals surface area contributed by atoms with Crippen LogP contribution in [-0.2, 0) is 4.79 Å². The summed E-state index contributed by atoms with van der Waals surface area (Å²) < 4.78 is 0. The molecule has 4 nitrogen and oxygen atoms in total. The van der Waals surface area contributed by atoms with Gasteiger partial charge in [-0.15, -0.1) is 0 Å². The van der Waals surface area contributed by atoms with Crippen molar-refractivity contribution >= 4 is 17.4 Å². The second kappa shape index (κ2) is 6.82. The first-order valence-corrected chi connectivity index (χ1v) is 5.76. The molecule has 0 saturated heterocycles. The van der Waals surface area contributed by atoms with Gasteiger partial charge in [0.25, 0.3) is 0 Å². The number of rotatable bonds is 6. The van der Waals surface area contributed by atoms with Gasteiger partial charge >= 0.3 is 0 Å². The Morgan fingerprint density at radius 2 is 2.12 bits per heavy atom. The van der Waals surface area contributed by atoms with E-state index in [-0.39, 0.29) is 5.91 Å². The predicted octanol–water partition coefficient (Wildman–Crippen LogP) is 2.64. The zero-order valence-corrected chi connectivity index (χ0v) is 9.92. The van der Waals surface area contributed by atoms with Crippen LogP contribution in [0.4, 0.5) is 11.5 Å². The minimum Gasteiger partial charge on any atom is -0.370 e. The van der Waals surface area contributed by atoms with Crippen molar-refractivity contribution in [2.45, 2.75) is 33.1 Å². The fourth-order valence-electron chi connectivity index (χ4n) is 1.28. The Morgan fingerprint density at radius 1 is 1.31 bits per heavy atom. The van der Waals surface area contributed by atoms with Crippen LogP contribution in [0.2, 0.25) is 0 Å². The summed E-state index contributed by atoms with van der Waals surface area (Å²) in [7, 11) is 0. The summed E-state index contributed by atoms with van der Waals surface area (Å²) >= 11 is 0. The third-order valence-electron chi connectivity index (χ3n) is 2.08. The molecule has 2 N–H and O–H groups in total. The molecule has 0 aliphatic heterocycles. The smallest absolute Gasteiger partial charge is 0.224 e. The van der Waals surface area contributed by atoms with Gasteiger partial charge in [0.05, 0.1) is 11.9 Å². The zero-order chi connectivity index (χ0) is 11.8. The van der Waals surface area contributed by atoms with Crippen molar-refractivity contribution in [2.24, 2.45) is 0 Å². The topological polar surface area (TPSA) is 54.0 Å². The van der Waals surface area contributed by atoms with E-state index in [9.17, 15) is 4.79 Å². The van der Waals surface area contributed by atoms with Gasteiger partial charge in [0.15, 0.2) is 0 Å². The van der Waals surface area contributed by atoms with E-state index in [0.29, 0.717) is 6.42 Å². The molecule has 1 amide bonds.